The van der Waals surface area contributed by atoms with Gasteiger partial charge in [-0.25, -0.2) is 4.98 Å². The highest BCUT2D eigenvalue weighted by Crippen LogP contribution is 2.24. The Bertz CT molecular complexity index is 795. The summed E-state index contributed by atoms with van der Waals surface area (Å²) in [5.41, 5.74) is 2.73. The molecule has 2 aromatic heterocycles. The molecule has 0 bridgehead atoms. The van der Waals surface area contributed by atoms with Crippen molar-refractivity contribution < 1.29 is 13.9 Å². The van der Waals surface area contributed by atoms with Crippen LogP contribution in [0.4, 0.5) is 0 Å². The van der Waals surface area contributed by atoms with Crippen LogP contribution in [0.3, 0.4) is 0 Å². The molecular formula is C17H16N2O3S. The Hall–Kier alpha value is -2.60. The number of aryl methyl sites for hydroxylation is 1. The maximum Gasteiger partial charge on any atom is 0.290 e. The summed E-state index contributed by atoms with van der Waals surface area (Å²) < 4.78 is 11.1. The van der Waals surface area contributed by atoms with Crippen LogP contribution in [0.1, 0.15) is 21.1 Å². The molecule has 0 radical (unpaired) electrons. The van der Waals surface area contributed by atoms with Crippen LogP contribution in [0.25, 0.3) is 0 Å². The van der Waals surface area contributed by atoms with E-state index in [4.69, 9.17) is 9.15 Å². The highest BCUT2D eigenvalue weighted by atomic mass is 32.1. The number of hydrogen-bond donors (Lipinski definition) is 0. The number of amides is 1. The highest BCUT2D eigenvalue weighted by molar-refractivity contribution is 7.09. The predicted octanol–water partition coefficient (Wildman–Crippen LogP) is 4.11. The SMILES string of the molecule is Cc1ncsc1CN(C)C(=O)c1ccc(Oc2ccccc2)o1. The number of para-hydroxylation sites is 1. The van der Waals surface area contributed by atoms with Crippen LogP contribution in [0.2, 0.25) is 0 Å². The normalized spacial score (nSPS) is 10.5. The first-order valence-corrected chi connectivity index (χ1v) is 7.98. The summed E-state index contributed by atoms with van der Waals surface area (Å²) >= 11 is 1.54. The highest BCUT2D eigenvalue weighted by Gasteiger charge is 2.18. The number of carbonyl (C=O) groups excluding carboxylic acids is 1. The standard InChI is InChI=1S/C17H16N2O3S/c1-12-15(23-11-18-12)10-19(2)17(20)14-8-9-16(22-14)21-13-6-4-3-5-7-13/h3-9,11H,10H2,1-2H3. The number of nitrogens with zero attached hydrogens (tertiary/aromatic N) is 2. The second-order valence-electron chi connectivity index (χ2n) is 5.06. The molecule has 0 aliphatic heterocycles. The Kier molecular flexibility index (Phi) is 4.43. The third kappa shape index (κ3) is 3.60. The van der Waals surface area contributed by atoms with Gasteiger partial charge in [0, 0.05) is 18.0 Å². The summed E-state index contributed by atoms with van der Waals surface area (Å²) in [5, 5.41) is 0. The van der Waals surface area contributed by atoms with E-state index >= 15 is 0 Å². The van der Waals surface area contributed by atoms with Crippen molar-refractivity contribution in [2.75, 3.05) is 7.05 Å². The van der Waals surface area contributed by atoms with E-state index in [1.165, 1.54) is 11.3 Å². The third-order valence-electron chi connectivity index (χ3n) is 3.33. The topological polar surface area (TPSA) is 55.6 Å². The van der Waals surface area contributed by atoms with Gasteiger partial charge in [-0.3, -0.25) is 4.79 Å². The molecule has 5 nitrogen and oxygen atoms in total. The first-order valence-electron chi connectivity index (χ1n) is 7.10. The zero-order valence-electron chi connectivity index (χ0n) is 12.9. The average molecular weight is 328 g/mol. The molecule has 0 aliphatic rings. The van der Waals surface area contributed by atoms with Crippen molar-refractivity contribution >= 4 is 17.2 Å². The number of rotatable bonds is 5. The van der Waals surface area contributed by atoms with E-state index in [2.05, 4.69) is 4.98 Å². The molecule has 3 rings (SSSR count). The third-order valence-corrected chi connectivity index (χ3v) is 4.25. The van der Waals surface area contributed by atoms with Crippen molar-refractivity contribution in [1.29, 1.82) is 0 Å². The molecule has 0 saturated carbocycles. The van der Waals surface area contributed by atoms with Crippen LogP contribution in [0, 0.1) is 6.92 Å². The van der Waals surface area contributed by atoms with Gasteiger partial charge in [0.2, 0.25) is 0 Å². The number of carbonyl (C=O) groups is 1. The van der Waals surface area contributed by atoms with Gasteiger partial charge >= 0.3 is 0 Å². The average Bonchev–Trinajstić information content (AvgIpc) is 3.17. The molecule has 0 fully saturated rings. The van der Waals surface area contributed by atoms with E-state index in [1.807, 2.05) is 37.3 Å². The van der Waals surface area contributed by atoms with E-state index in [9.17, 15) is 4.79 Å². The molecule has 0 atom stereocenters. The maximum absolute atomic E-state index is 12.4. The maximum atomic E-state index is 12.4. The largest absolute Gasteiger partial charge is 0.426 e. The second-order valence-corrected chi connectivity index (χ2v) is 6.00. The quantitative estimate of drug-likeness (QED) is 0.707. The van der Waals surface area contributed by atoms with Gasteiger partial charge in [0.15, 0.2) is 5.76 Å². The van der Waals surface area contributed by atoms with Crippen molar-refractivity contribution in [2.24, 2.45) is 0 Å². The Morgan fingerprint density at radius 2 is 2.04 bits per heavy atom. The number of furan rings is 1. The van der Waals surface area contributed by atoms with Crippen LogP contribution < -0.4 is 4.74 Å². The summed E-state index contributed by atoms with van der Waals surface area (Å²) in [7, 11) is 1.74. The van der Waals surface area contributed by atoms with Crippen molar-refractivity contribution in [3.8, 4) is 11.7 Å². The van der Waals surface area contributed by atoms with Crippen molar-refractivity contribution in [3.63, 3.8) is 0 Å². The lowest BCUT2D eigenvalue weighted by molar-refractivity contribution is 0.0749. The van der Waals surface area contributed by atoms with Gasteiger partial charge in [-0.05, 0) is 25.1 Å². The number of aromatic nitrogens is 1. The minimum atomic E-state index is -0.194. The van der Waals surface area contributed by atoms with Gasteiger partial charge in [0.25, 0.3) is 11.9 Å². The van der Waals surface area contributed by atoms with Crippen molar-refractivity contribution in [2.45, 2.75) is 13.5 Å². The molecule has 3 aromatic rings. The fraction of sp³-hybridized carbons (Fsp3) is 0.176. The lowest BCUT2D eigenvalue weighted by Gasteiger charge is -2.14. The van der Waals surface area contributed by atoms with E-state index in [0.29, 0.717) is 18.2 Å². The molecule has 6 heteroatoms. The zero-order chi connectivity index (χ0) is 16.2. The number of ether oxygens (including phenoxy) is 1. The van der Waals surface area contributed by atoms with Crippen LogP contribution in [-0.4, -0.2) is 22.8 Å². The first kappa shape index (κ1) is 15.3. The van der Waals surface area contributed by atoms with Crippen molar-refractivity contribution in [3.05, 3.63) is 64.3 Å². The Morgan fingerprint density at radius 1 is 1.26 bits per heavy atom. The molecule has 23 heavy (non-hydrogen) atoms. The Balaban J connectivity index is 1.67. The molecule has 0 N–H and O–H groups in total. The van der Waals surface area contributed by atoms with Crippen molar-refractivity contribution in [1.82, 2.24) is 9.88 Å². The summed E-state index contributed by atoms with van der Waals surface area (Å²) in [6.45, 7) is 2.44. The molecule has 0 unspecified atom stereocenters. The van der Waals surface area contributed by atoms with Gasteiger partial charge in [0.05, 0.1) is 17.7 Å². The van der Waals surface area contributed by atoms with Crippen LogP contribution >= 0.6 is 11.3 Å². The zero-order valence-corrected chi connectivity index (χ0v) is 13.7. The molecule has 0 spiro atoms. The van der Waals surface area contributed by atoms with Crippen LogP contribution in [-0.2, 0) is 6.54 Å². The Labute approximate surface area is 138 Å². The monoisotopic (exact) mass is 328 g/mol. The molecule has 0 saturated heterocycles. The summed E-state index contributed by atoms with van der Waals surface area (Å²) in [6.07, 6.45) is 0. The van der Waals surface area contributed by atoms with E-state index in [0.717, 1.165) is 10.6 Å². The van der Waals surface area contributed by atoms with Crippen LogP contribution in [0.15, 0.2) is 52.4 Å². The van der Waals surface area contributed by atoms with E-state index in [-0.39, 0.29) is 11.7 Å². The fourth-order valence-electron chi connectivity index (χ4n) is 2.05. The van der Waals surface area contributed by atoms with E-state index < -0.39 is 0 Å². The number of benzene rings is 1. The number of thiazole rings is 1. The summed E-state index contributed by atoms with van der Waals surface area (Å²) in [5.74, 6) is 1.01. The van der Waals surface area contributed by atoms with Crippen LogP contribution in [0.5, 0.6) is 11.7 Å². The summed E-state index contributed by atoms with van der Waals surface area (Å²) in [6, 6.07) is 12.6. The van der Waals surface area contributed by atoms with Gasteiger partial charge < -0.3 is 14.1 Å². The fourth-order valence-corrected chi connectivity index (χ4v) is 2.88. The molecular weight excluding hydrogens is 312 g/mol. The van der Waals surface area contributed by atoms with Gasteiger partial charge in [0.1, 0.15) is 5.75 Å². The number of hydrogen-bond acceptors (Lipinski definition) is 5. The molecule has 1 amide bonds. The molecule has 1 aromatic carbocycles. The minimum Gasteiger partial charge on any atom is -0.426 e. The molecule has 118 valence electrons. The second kappa shape index (κ2) is 6.66. The molecule has 0 aliphatic carbocycles. The lowest BCUT2D eigenvalue weighted by atomic mass is 10.3. The lowest BCUT2D eigenvalue weighted by Crippen LogP contribution is -2.25. The van der Waals surface area contributed by atoms with Gasteiger partial charge in [-0.15, -0.1) is 11.3 Å². The van der Waals surface area contributed by atoms with E-state index in [1.54, 1.807) is 29.6 Å². The Morgan fingerprint density at radius 3 is 2.74 bits per heavy atom. The molecule has 2 heterocycles. The first-order chi connectivity index (χ1) is 11.1. The van der Waals surface area contributed by atoms with Gasteiger partial charge in [-0.1, -0.05) is 18.2 Å². The smallest absolute Gasteiger partial charge is 0.290 e. The minimum absolute atomic E-state index is 0.194. The predicted molar refractivity (Wildman–Crippen MR) is 87.9 cm³/mol. The summed E-state index contributed by atoms with van der Waals surface area (Å²) in [4.78, 5) is 19.3. The van der Waals surface area contributed by atoms with Gasteiger partial charge in [-0.2, -0.15) is 0 Å².